The number of methoxy groups -OCH3 is 1. The van der Waals surface area contributed by atoms with Gasteiger partial charge in [-0.3, -0.25) is 15.1 Å². The Morgan fingerprint density at radius 3 is 2.83 bits per heavy atom. The second-order valence-corrected chi connectivity index (χ2v) is 6.05. The average molecular weight is 336 g/mol. The molecule has 0 spiro atoms. The van der Waals surface area contributed by atoms with Crippen molar-refractivity contribution in [3.63, 3.8) is 0 Å². The molecule has 9 heteroatoms. The predicted octanol–water partition coefficient (Wildman–Crippen LogP) is 0.378. The first-order valence-electron chi connectivity index (χ1n) is 7.94. The van der Waals surface area contributed by atoms with Crippen LogP contribution in [0.15, 0.2) is 0 Å². The van der Waals surface area contributed by atoms with Gasteiger partial charge in [0.2, 0.25) is 17.7 Å². The van der Waals surface area contributed by atoms with E-state index < -0.39 is 5.82 Å². The normalized spacial score (nSPS) is 23.3. The maximum absolute atomic E-state index is 14.2. The van der Waals surface area contributed by atoms with E-state index in [-0.39, 0.29) is 29.7 Å². The third-order valence-corrected chi connectivity index (χ3v) is 4.47. The Morgan fingerprint density at radius 2 is 2.17 bits per heavy atom. The van der Waals surface area contributed by atoms with Crippen LogP contribution in [0.2, 0.25) is 0 Å². The van der Waals surface area contributed by atoms with Crippen LogP contribution in [0.3, 0.4) is 0 Å². The van der Waals surface area contributed by atoms with Gasteiger partial charge >= 0.3 is 0 Å². The van der Waals surface area contributed by atoms with Crippen LogP contribution >= 0.6 is 0 Å². The summed E-state index contributed by atoms with van der Waals surface area (Å²) in [5.41, 5.74) is 0.318. The molecule has 2 N–H and O–H groups in total. The van der Waals surface area contributed by atoms with E-state index in [9.17, 15) is 9.18 Å². The Morgan fingerprint density at radius 1 is 1.42 bits per heavy atom. The molecule has 2 aliphatic rings. The second-order valence-electron chi connectivity index (χ2n) is 6.05. The molecule has 3 heterocycles. The number of aryl methyl sites for hydroxylation is 1. The van der Waals surface area contributed by atoms with Gasteiger partial charge in [-0.05, 0) is 6.42 Å². The highest BCUT2D eigenvalue weighted by Crippen LogP contribution is 2.28. The number of halogens is 1. The molecular formula is C15H21FN6O2. The highest BCUT2D eigenvalue weighted by molar-refractivity contribution is 6.00. The first kappa shape index (κ1) is 16.4. The third-order valence-electron chi connectivity index (χ3n) is 4.47. The Kier molecular flexibility index (Phi) is 4.25. The van der Waals surface area contributed by atoms with Crippen LogP contribution in [-0.4, -0.2) is 60.0 Å². The number of fused-ring (bicyclic) bond motifs is 1. The minimum absolute atomic E-state index is 0.0810. The van der Waals surface area contributed by atoms with Gasteiger partial charge in [0.05, 0.1) is 24.8 Å². The van der Waals surface area contributed by atoms with Crippen LogP contribution in [0, 0.1) is 17.1 Å². The summed E-state index contributed by atoms with van der Waals surface area (Å²) in [7, 11) is 2.95. The minimum Gasteiger partial charge on any atom is -0.479 e. The fourth-order valence-electron chi connectivity index (χ4n) is 3.13. The monoisotopic (exact) mass is 336 g/mol. The Hall–Kier alpha value is -2.45. The van der Waals surface area contributed by atoms with E-state index in [0.29, 0.717) is 31.2 Å². The van der Waals surface area contributed by atoms with E-state index in [1.807, 2.05) is 11.8 Å². The standard InChI is InChI=1S/C15H21FN6O2/c1-4-5-9-11(16)12(24-3)20-15(19-9)22-6-8-10(7-22)18-14(17)21(2)13(8)23/h8,10H,4-7H2,1-3H3,(H2,17,18)/t8-,10+/m1/s1. The lowest BCUT2D eigenvalue weighted by molar-refractivity contribution is -0.131. The number of carbonyl (C=O) groups is 1. The van der Waals surface area contributed by atoms with Gasteiger partial charge in [0.25, 0.3) is 5.88 Å². The van der Waals surface area contributed by atoms with Crippen LogP contribution < -0.4 is 15.0 Å². The molecule has 2 fully saturated rings. The molecule has 1 aromatic heterocycles. The topological polar surface area (TPSA) is 94.4 Å². The highest BCUT2D eigenvalue weighted by Gasteiger charge is 2.44. The second kappa shape index (κ2) is 6.21. The van der Waals surface area contributed by atoms with Gasteiger partial charge in [-0.2, -0.15) is 9.37 Å². The van der Waals surface area contributed by atoms with E-state index in [1.54, 1.807) is 7.05 Å². The number of ether oxygens (including phenoxy) is 1. The lowest BCUT2D eigenvalue weighted by atomic mass is 10.0. The summed E-state index contributed by atoms with van der Waals surface area (Å²) in [6, 6.07) is -0.171. The van der Waals surface area contributed by atoms with E-state index in [1.165, 1.54) is 12.0 Å². The fraction of sp³-hybridized carbons (Fsp3) is 0.600. The van der Waals surface area contributed by atoms with Crippen molar-refractivity contribution in [2.45, 2.75) is 25.8 Å². The molecule has 24 heavy (non-hydrogen) atoms. The molecule has 130 valence electrons. The number of hydrogen-bond donors (Lipinski definition) is 2. The summed E-state index contributed by atoms with van der Waals surface area (Å²) in [4.78, 5) is 24.0. The molecule has 0 saturated carbocycles. The highest BCUT2D eigenvalue weighted by atomic mass is 19.1. The van der Waals surface area contributed by atoms with Crippen LogP contribution in [0.25, 0.3) is 0 Å². The fourth-order valence-corrected chi connectivity index (χ4v) is 3.13. The van der Waals surface area contributed by atoms with Crippen molar-refractivity contribution in [1.82, 2.24) is 20.2 Å². The zero-order valence-electron chi connectivity index (χ0n) is 14.0. The van der Waals surface area contributed by atoms with Crippen LogP contribution in [0.1, 0.15) is 19.0 Å². The molecule has 0 unspecified atom stereocenters. The molecule has 0 aromatic carbocycles. The molecule has 2 atom stereocenters. The molecular weight excluding hydrogens is 315 g/mol. The van der Waals surface area contributed by atoms with Gasteiger partial charge in [0, 0.05) is 20.1 Å². The Balaban J connectivity index is 1.89. The molecule has 3 rings (SSSR count). The van der Waals surface area contributed by atoms with Crippen LogP contribution in [-0.2, 0) is 11.2 Å². The number of nitrogens with zero attached hydrogens (tertiary/aromatic N) is 4. The lowest BCUT2D eigenvalue weighted by Crippen LogP contribution is -2.58. The zero-order valence-corrected chi connectivity index (χ0v) is 14.0. The van der Waals surface area contributed by atoms with Gasteiger partial charge in [0.1, 0.15) is 0 Å². The number of anilines is 1. The van der Waals surface area contributed by atoms with Gasteiger partial charge in [-0.1, -0.05) is 13.3 Å². The summed E-state index contributed by atoms with van der Waals surface area (Å²) >= 11 is 0. The number of amides is 1. The quantitative estimate of drug-likeness (QED) is 0.825. The van der Waals surface area contributed by atoms with E-state index >= 15 is 0 Å². The Labute approximate surface area is 139 Å². The largest absolute Gasteiger partial charge is 0.479 e. The minimum atomic E-state index is -0.532. The maximum Gasteiger partial charge on any atom is 0.255 e. The van der Waals surface area contributed by atoms with Crippen LogP contribution in [0.5, 0.6) is 5.88 Å². The van der Waals surface area contributed by atoms with Gasteiger partial charge < -0.3 is 15.0 Å². The molecule has 2 saturated heterocycles. The number of rotatable bonds is 4. The van der Waals surface area contributed by atoms with Crippen molar-refractivity contribution in [1.29, 1.82) is 5.41 Å². The molecule has 0 radical (unpaired) electrons. The summed E-state index contributed by atoms with van der Waals surface area (Å²) < 4.78 is 19.2. The zero-order chi connectivity index (χ0) is 17.4. The van der Waals surface area contributed by atoms with Gasteiger partial charge in [-0.25, -0.2) is 4.98 Å². The number of aromatic nitrogens is 2. The SMILES string of the molecule is CCCc1nc(N2C[C@@H]3NC(=N)N(C)C(=O)[C@@H]3C2)nc(OC)c1F. The van der Waals surface area contributed by atoms with Gasteiger partial charge in [-0.15, -0.1) is 0 Å². The van der Waals surface area contributed by atoms with E-state index in [0.717, 1.165) is 6.42 Å². The first-order chi connectivity index (χ1) is 11.5. The van der Waals surface area contributed by atoms with Crippen molar-refractivity contribution in [2.24, 2.45) is 5.92 Å². The molecule has 8 nitrogen and oxygen atoms in total. The Bertz CT molecular complexity index is 682. The van der Waals surface area contributed by atoms with Crippen molar-refractivity contribution < 1.29 is 13.9 Å². The number of nitrogens with one attached hydrogen (secondary N) is 2. The summed E-state index contributed by atoms with van der Waals surface area (Å²) in [6.45, 7) is 2.85. The van der Waals surface area contributed by atoms with Crippen molar-refractivity contribution in [3.05, 3.63) is 11.5 Å². The summed E-state index contributed by atoms with van der Waals surface area (Å²) in [5, 5.41) is 10.8. The summed E-state index contributed by atoms with van der Waals surface area (Å²) in [5.74, 6) is -0.548. The lowest BCUT2D eigenvalue weighted by Gasteiger charge is -2.32. The average Bonchev–Trinajstić information content (AvgIpc) is 2.99. The molecule has 1 aromatic rings. The van der Waals surface area contributed by atoms with Gasteiger partial charge in [0.15, 0.2) is 5.96 Å². The van der Waals surface area contributed by atoms with Crippen molar-refractivity contribution >= 4 is 17.8 Å². The molecule has 0 bridgehead atoms. The van der Waals surface area contributed by atoms with Crippen LogP contribution in [0.4, 0.5) is 10.3 Å². The molecule has 1 amide bonds. The third kappa shape index (κ3) is 2.63. The first-order valence-corrected chi connectivity index (χ1v) is 7.94. The van der Waals surface area contributed by atoms with E-state index in [2.05, 4.69) is 15.3 Å². The molecule has 0 aliphatic carbocycles. The summed E-state index contributed by atoms with van der Waals surface area (Å²) in [6.07, 6.45) is 1.24. The number of carbonyl (C=O) groups excluding carboxylic acids is 1. The van der Waals surface area contributed by atoms with E-state index in [4.69, 9.17) is 10.1 Å². The maximum atomic E-state index is 14.2. The van der Waals surface area contributed by atoms with Crippen molar-refractivity contribution in [3.8, 4) is 5.88 Å². The smallest absolute Gasteiger partial charge is 0.255 e. The number of guanidine groups is 1. The molecule has 2 aliphatic heterocycles. The predicted molar refractivity (Wildman–Crippen MR) is 85.7 cm³/mol. The number of hydrogen-bond acceptors (Lipinski definition) is 6. The van der Waals surface area contributed by atoms with Crippen molar-refractivity contribution in [2.75, 3.05) is 32.1 Å².